The van der Waals surface area contributed by atoms with Crippen molar-refractivity contribution < 1.29 is 78.1 Å². The van der Waals surface area contributed by atoms with Crippen LogP contribution in [0.25, 0.3) is 0 Å². The minimum absolute atomic E-state index is 0. The molecular weight excluding hydrogens is 304 g/mol. The summed E-state index contributed by atoms with van der Waals surface area (Å²) in [5.41, 5.74) is 0. The van der Waals surface area contributed by atoms with Gasteiger partial charge in [0.05, 0.1) is 0 Å². The largest absolute Gasteiger partial charge is 4.00 e. The van der Waals surface area contributed by atoms with Gasteiger partial charge < -0.3 is 56.4 Å². The fourth-order valence-electron chi connectivity index (χ4n) is 0. The Kier molecular flexibility index (Phi) is 426. The standard InChI is InChI=1S/3BrH.H2O.Ti/h3*1H;1H2;/q;;;;+4/p-4. The van der Waals surface area contributed by atoms with Crippen molar-refractivity contribution in [3.8, 4) is 0 Å². The van der Waals surface area contributed by atoms with E-state index < -0.39 is 0 Å². The zero-order chi connectivity index (χ0) is 0. The van der Waals surface area contributed by atoms with E-state index in [9.17, 15) is 0 Å². The first kappa shape index (κ1) is 59.5. The van der Waals surface area contributed by atoms with E-state index >= 15 is 0 Å². The maximum atomic E-state index is 0. The average molecular weight is 305 g/mol. The summed E-state index contributed by atoms with van der Waals surface area (Å²) >= 11 is 0. The molecule has 5 heteroatoms. The molecule has 0 heterocycles. The number of rotatable bonds is 0. The van der Waals surface area contributed by atoms with Gasteiger partial charge in [0.15, 0.2) is 0 Å². The third-order valence-corrected chi connectivity index (χ3v) is 0. The van der Waals surface area contributed by atoms with E-state index in [1.165, 1.54) is 0 Å². The van der Waals surface area contributed by atoms with Gasteiger partial charge in [-0.25, -0.2) is 0 Å². The smallest absolute Gasteiger partial charge is 1.00 e. The minimum Gasteiger partial charge on any atom is -1.00 e. The van der Waals surface area contributed by atoms with Crippen molar-refractivity contribution in [2.24, 2.45) is 0 Å². The van der Waals surface area contributed by atoms with Crippen LogP contribution in [0, 0.1) is 0 Å². The van der Waals surface area contributed by atoms with Gasteiger partial charge in [0.25, 0.3) is 0 Å². The van der Waals surface area contributed by atoms with E-state index in [1.54, 1.807) is 0 Å². The van der Waals surface area contributed by atoms with Crippen LogP contribution in [0.5, 0.6) is 0 Å². The number of halogens is 3. The molecule has 32 valence electrons. The molecule has 0 aromatic heterocycles. The van der Waals surface area contributed by atoms with Crippen molar-refractivity contribution in [3.05, 3.63) is 0 Å². The fraction of sp³-hybridized carbons (Fsp3) is 0. The quantitative estimate of drug-likeness (QED) is 0.409. The average Bonchev–Trinajstić information content (AvgIpc) is 0. The van der Waals surface area contributed by atoms with Crippen molar-refractivity contribution in [3.63, 3.8) is 0 Å². The molecule has 0 aromatic rings. The van der Waals surface area contributed by atoms with E-state index in [-0.39, 0.29) is 78.1 Å². The van der Waals surface area contributed by atoms with Crippen molar-refractivity contribution in [1.82, 2.24) is 0 Å². The minimum atomic E-state index is 0. The monoisotopic (exact) mass is 302 g/mol. The van der Waals surface area contributed by atoms with E-state index in [0.717, 1.165) is 0 Å². The third-order valence-electron chi connectivity index (χ3n) is 0. The molecule has 0 atom stereocenters. The fourth-order valence-corrected chi connectivity index (χ4v) is 0. The van der Waals surface area contributed by atoms with Gasteiger partial charge in [0.1, 0.15) is 0 Å². The third kappa shape index (κ3) is 23.2. The molecule has 0 aliphatic rings. The second kappa shape index (κ2) is 35.8. The molecule has 0 unspecified atom stereocenters. The predicted octanol–water partition coefficient (Wildman–Crippen LogP) is -9.17. The summed E-state index contributed by atoms with van der Waals surface area (Å²) in [5.74, 6) is 0. The van der Waals surface area contributed by atoms with Gasteiger partial charge in [-0.1, -0.05) is 0 Å². The normalized spacial score (nSPS) is 0. The molecule has 0 saturated carbocycles. The van der Waals surface area contributed by atoms with Gasteiger partial charge in [0.2, 0.25) is 0 Å². The van der Waals surface area contributed by atoms with Crippen LogP contribution >= 0.6 is 0 Å². The first-order chi connectivity index (χ1) is 0. The second-order valence-corrected chi connectivity index (χ2v) is 0. The van der Waals surface area contributed by atoms with Crippen LogP contribution in [0.2, 0.25) is 0 Å². The summed E-state index contributed by atoms with van der Waals surface area (Å²) in [6.07, 6.45) is 0. The molecule has 0 aliphatic heterocycles. The van der Waals surface area contributed by atoms with Crippen LogP contribution in [-0.4, -0.2) is 5.48 Å². The van der Waals surface area contributed by atoms with Crippen LogP contribution in [0.15, 0.2) is 0 Å². The summed E-state index contributed by atoms with van der Waals surface area (Å²) in [6, 6.07) is 0. The maximum absolute atomic E-state index is 0. The molecule has 5 heavy (non-hydrogen) atoms. The molecule has 0 aromatic carbocycles. The van der Waals surface area contributed by atoms with Crippen LogP contribution in [0.4, 0.5) is 0 Å². The van der Waals surface area contributed by atoms with Crippen LogP contribution in [0.1, 0.15) is 0 Å². The van der Waals surface area contributed by atoms with Crippen LogP contribution in [-0.2, 0) is 21.7 Å². The molecule has 0 saturated heterocycles. The molecule has 0 aliphatic carbocycles. The predicted molar refractivity (Wildman–Crippen MR) is 1.94 cm³/mol. The van der Waals surface area contributed by atoms with Gasteiger partial charge in [-0.2, -0.15) is 0 Å². The first-order valence-electron chi connectivity index (χ1n) is 0. The Balaban J connectivity index is 0. The number of hydrogen-bond donors (Lipinski definition) is 0. The Morgan fingerprint density at radius 3 is 0.600 bits per heavy atom. The molecule has 1 nitrogen and oxygen atoms in total. The van der Waals surface area contributed by atoms with Crippen molar-refractivity contribution in [2.45, 2.75) is 0 Å². The molecule has 0 spiro atoms. The van der Waals surface area contributed by atoms with Gasteiger partial charge in [-0.15, -0.1) is 0 Å². The van der Waals surface area contributed by atoms with Gasteiger partial charge in [-0.05, 0) is 0 Å². The zero-order valence-electron chi connectivity index (χ0n) is 2.08. The Morgan fingerprint density at radius 2 is 0.600 bits per heavy atom. The van der Waals surface area contributed by atoms with Crippen LogP contribution < -0.4 is 50.9 Å². The molecule has 0 fully saturated rings. The SMILES string of the molecule is [Br-].[Br-].[Br-].[OH-].[Ti+4]. The summed E-state index contributed by atoms with van der Waals surface area (Å²) in [5, 5.41) is 0. The number of hydrogen-bond acceptors (Lipinski definition) is 1. The van der Waals surface area contributed by atoms with E-state index in [2.05, 4.69) is 0 Å². The first-order valence-corrected chi connectivity index (χ1v) is 0. The van der Waals surface area contributed by atoms with E-state index in [0.29, 0.717) is 0 Å². The molecule has 0 radical (unpaired) electrons. The van der Waals surface area contributed by atoms with E-state index in [1.807, 2.05) is 0 Å². The van der Waals surface area contributed by atoms with Gasteiger partial charge >= 0.3 is 21.7 Å². The summed E-state index contributed by atoms with van der Waals surface area (Å²) in [4.78, 5) is 0. The molecule has 0 rings (SSSR count). The zero-order valence-corrected chi connectivity index (χ0v) is 8.40. The summed E-state index contributed by atoms with van der Waals surface area (Å²) in [6.45, 7) is 0. The topological polar surface area (TPSA) is 30.0 Å². The van der Waals surface area contributed by atoms with Gasteiger partial charge in [-0.3, -0.25) is 0 Å². The molecule has 1 N–H and O–H groups in total. The van der Waals surface area contributed by atoms with Gasteiger partial charge in [0, 0.05) is 0 Å². The second-order valence-electron chi connectivity index (χ2n) is 0. The van der Waals surface area contributed by atoms with Crippen molar-refractivity contribution in [2.75, 3.05) is 0 Å². The summed E-state index contributed by atoms with van der Waals surface area (Å²) in [7, 11) is 0. The Morgan fingerprint density at radius 1 is 0.600 bits per heavy atom. The molecule has 0 bridgehead atoms. The van der Waals surface area contributed by atoms with E-state index in [4.69, 9.17) is 0 Å². The molecular formula is HBr3OTi. The van der Waals surface area contributed by atoms with Crippen LogP contribution in [0.3, 0.4) is 0 Å². The van der Waals surface area contributed by atoms with Crippen molar-refractivity contribution >= 4 is 0 Å². The Labute approximate surface area is 77.4 Å². The Bertz CT molecular complexity index is 6.85. The maximum Gasteiger partial charge on any atom is 4.00 e. The van der Waals surface area contributed by atoms with Crippen molar-refractivity contribution in [1.29, 1.82) is 0 Å². The Hall–Kier alpha value is 2.11. The summed E-state index contributed by atoms with van der Waals surface area (Å²) < 4.78 is 0. The molecule has 0 amide bonds.